The van der Waals surface area contributed by atoms with Crippen molar-refractivity contribution in [3.8, 4) is 5.75 Å². The van der Waals surface area contributed by atoms with Gasteiger partial charge in [-0.3, -0.25) is 0 Å². The fraction of sp³-hybridized carbons (Fsp3) is 0.538. The third-order valence-electron chi connectivity index (χ3n) is 3.02. The Morgan fingerprint density at radius 1 is 1.47 bits per heavy atom. The van der Waals surface area contributed by atoms with Crippen LogP contribution in [-0.4, -0.2) is 13.7 Å². The summed E-state index contributed by atoms with van der Waals surface area (Å²) >= 11 is 0. The van der Waals surface area contributed by atoms with Crippen molar-refractivity contribution in [3.05, 3.63) is 29.3 Å². The Bertz CT molecular complexity index is 335. The summed E-state index contributed by atoms with van der Waals surface area (Å²) in [6.07, 6.45) is 3.70. The number of hydrogen-bond acceptors (Lipinski definition) is 2. The summed E-state index contributed by atoms with van der Waals surface area (Å²) in [4.78, 5) is 0. The van der Waals surface area contributed by atoms with E-state index in [1.807, 2.05) is 7.05 Å². The molecule has 1 aromatic rings. The van der Waals surface area contributed by atoms with Crippen LogP contribution in [0.25, 0.3) is 0 Å². The predicted octanol–water partition coefficient (Wildman–Crippen LogP) is 2.68. The molecule has 0 bridgehead atoms. The summed E-state index contributed by atoms with van der Waals surface area (Å²) in [6.45, 7) is 3.00. The molecule has 0 radical (unpaired) electrons. The molecule has 2 nitrogen and oxygen atoms in total. The molecule has 82 valence electrons. The van der Waals surface area contributed by atoms with E-state index in [2.05, 4.69) is 30.4 Å². The van der Waals surface area contributed by atoms with Gasteiger partial charge in [0.2, 0.25) is 0 Å². The van der Waals surface area contributed by atoms with E-state index < -0.39 is 0 Å². The zero-order valence-electron chi connectivity index (χ0n) is 9.55. The van der Waals surface area contributed by atoms with Gasteiger partial charge < -0.3 is 10.1 Å². The lowest BCUT2D eigenvalue weighted by molar-refractivity contribution is 0.318. The van der Waals surface area contributed by atoms with Crippen LogP contribution < -0.4 is 10.1 Å². The predicted molar refractivity (Wildman–Crippen MR) is 62.3 cm³/mol. The summed E-state index contributed by atoms with van der Waals surface area (Å²) in [7, 11) is 1.99. The molecule has 0 amide bonds. The third-order valence-corrected chi connectivity index (χ3v) is 3.02. The monoisotopic (exact) mass is 205 g/mol. The normalized spacial score (nSPS) is 18.7. The maximum atomic E-state index is 5.60. The SMILES string of the molecule is CCCCc1ccc2c(c1)C(NC)CO2. The molecule has 0 saturated heterocycles. The van der Waals surface area contributed by atoms with Crippen LogP contribution in [0.2, 0.25) is 0 Å². The van der Waals surface area contributed by atoms with E-state index in [-0.39, 0.29) is 0 Å². The van der Waals surface area contributed by atoms with E-state index in [1.54, 1.807) is 0 Å². The Labute approximate surface area is 91.6 Å². The number of aryl methyl sites for hydroxylation is 1. The molecular formula is C13H19NO. The summed E-state index contributed by atoms with van der Waals surface area (Å²) in [6, 6.07) is 6.96. The molecule has 15 heavy (non-hydrogen) atoms. The summed E-state index contributed by atoms with van der Waals surface area (Å²) in [5, 5.41) is 3.28. The van der Waals surface area contributed by atoms with Crippen molar-refractivity contribution in [2.24, 2.45) is 0 Å². The van der Waals surface area contributed by atoms with E-state index in [9.17, 15) is 0 Å². The van der Waals surface area contributed by atoms with Gasteiger partial charge in [0.1, 0.15) is 12.4 Å². The third kappa shape index (κ3) is 2.15. The minimum absolute atomic E-state index is 0.376. The molecule has 0 fully saturated rings. The van der Waals surface area contributed by atoms with Gasteiger partial charge in [-0.2, -0.15) is 0 Å². The number of nitrogens with one attached hydrogen (secondary N) is 1. The highest BCUT2D eigenvalue weighted by atomic mass is 16.5. The molecular weight excluding hydrogens is 186 g/mol. The molecule has 2 heteroatoms. The minimum Gasteiger partial charge on any atom is -0.491 e. The van der Waals surface area contributed by atoms with Crippen LogP contribution in [0.1, 0.15) is 36.9 Å². The van der Waals surface area contributed by atoms with E-state index in [0.29, 0.717) is 6.04 Å². The molecule has 1 atom stereocenters. The number of likely N-dealkylation sites (N-methyl/N-ethyl adjacent to an activating group) is 1. The lowest BCUT2D eigenvalue weighted by atomic mass is 10.0. The molecule has 0 aliphatic carbocycles. The molecule has 1 unspecified atom stereocenters. The largest absolute Gasteiger partial charge is 0.491 e. The van der Waals surface area contributed by atoms with Crippen LogP contribution in [-0.2, 0) is 6.42 Å². The molecule has 0 saturated carbocycles. The zero-order valence-corrected chi connectivity index (χ0v) is 9.55. The average molecular weight is 205 g/mol. The second kappa shape index (κ2) is 4.67. The lowest BCUT2D eigenvalue weighted by Gasteiger charge is -2.08. The highest BCUT2D eigenvalue weighted by Gasteiger charge is 2.22. The van der Waals surface area contributed by atoms with Gasteiger partial charge in [0.25, 0.3) is 0 Å². The van der Waals surface area contributed by atoms with Gasteiger partial charge in [0.05, 0.1) is 6.04 Å². The Hall–Kier alpha value is -1.02. The van der Waals surface area contributed by atoms with Crippen molar-refractivity contribution in [3.63, 3.8) is 0 Å². The number of fused-ring (bicyclic) bond motifs is 1. The van der Waals surface area contributed by atoms with Gasteiger partial charge >= 0.3 is 0 Å². The molecule has 2 rings (SSSR count). The second-order valence-corrected chi connectivity index (χ2v) is 4.13. The fourth-order valence-corrected chi connectivity index (χ4v) is 2.04. The topological polar surface area (TPSA) is 21.3 Å². The van der Waals surface area contributed by atoms with E-state index in [0.717, 1.165) is 12.4 Å². The smallest absolute Gasteiger partial charge is 0.124 e. The quantitative estimate of drug-likeness (QED) is 0.816. The number of ether oxygens (including phenoxy) is 1. The fourth-order valence-electron chi connectivity index (χ4n) is 2.04. The molecule has 1 heterocycles. The first-order valence-corrected chi connectivity index (χ1v) is 5.78. The van der Waals surface area contributed by atoms with Crippen molar-refractivity contribution in [1.29, 1.82) is 0 Å². The van der Waals surface area contributed by atoms with Gasteiger partial charge in [0.15, 0.2) is 0 Å². The van der Waals surface area contributed by atoms with Gasteiger partial charge in [-0.25, -0.2) is 0 Å². The molecule has 1 N–H and O–H groups in total. The van der Waals surface area contributed by atoms with Crippen molar-refractivity contribution >= 4 is 0 Å². The first-order chi connectivity index (χ1) is 7.35. The Morgan fingerprint density at radius 3 is 3.07 bits per heavy atom. The van der Waals surface area contributed by atoms with Crippen molar-refractivity contribution in [2.45, 2.75) is 32.2 Å². The van der Waals surface area contributed by atoms with E-state index in [4.69, 9.17) is 4.74 Å². The second-order valence-electron chi connectivity index (χ2n) is 4.13. The molecule has 1 aliphatic heterocycles. The highest BCUT2D eigenvalue weighted by molar-refractivity contribution is 5.42. The molecule has 0 spiro atoms. The lowest BCUT2D eigenvalue weighted by Crippen LogP contribution is -2.17. The molecule has 1 aromatic carbocycles. The van der Waals surface area contributed by atoms with Crippen LogP contribution in [0.3, 0.4) is 0 Å². The highest BCUT2D eigenvalue weighted by Crippen LogP contribution is 2.32. The number of benzene rings is 1. The van der Waals surface area contributed by atoms with Crippen LogP contribution in [0.15, 0.2) is 18.2 Å². The first-order valence-electron chi connectivity index (χ1n) is 5.78. The standard InChI is InChI=1S/C13H19NO/c1-3-4-5-10-6-7-13-11(8-10)12(14-2)9-15-13/h6-8,12,14H,3-5,9H2,1-2H3. The van der Waals surface area contributed by atoms with Crippen LogP contribution in [0.5, 0.6) is 5.75 Å². The number of rotatable bonds is 4. The summed E-state index contributed by atoms with van der Waals surface area (Å²) < 4.78 is 5.60. The molecule has 1 aliphatic rings. The van der Waals surface area contributed by atoms with Crippen LogP contribution >= 0.6 is 0 Å². The maximum Gasteiger partial charge on any atom is 0.124 e. The number of unbranched alkanes of at least 4 members (excludes halogenated alkanes) is 1. The zero-order chi connectivity index (χ0) is 10.7. The van der Waals surface area contributed by atoms with E-state index >= 15 is 0 Å². The van der Waals surface area contributed by atoms with Gasteiger partial charge in [0, 0.05) is 5.56 Å². The maximum absolute atomic E-state index is 5.60. The van der Waals surface area contributed by atoms with Crippen molar-refractivity contribution in [1.82, 2.24) is 5.32 Å². The van der Waals surface area contributed by atoms with Crippen molar-refractivity contribution < 1.29 is 4.74 Å². The Kier molecular flexibility index (Phi) is 3.27. The van der Waals surface area contributed by atoms with Crippen LogP contribution in [0.4, 0.5) is 0 Å². The summed E-state index contributed by atoms with van der Waals surface area (Å²) in [5.74, 6) is 1.05. The van der Waals surface area contributed by atoms with E-state index in [1.165, 1.54) is 30.4 Å². The average Bonchev–Trinajstić information content (AvgIpc) is 2.68. The van der Waals surface area contributed by atoms with Crippen molar-refractivity contribution in [2.75, 3.05) is 13.7 Å². The number of hydrogen-bond donors (Lipinski definition) is 1. The molecule has 0 aromatic heterocycles. The van der Waals surface area contributed by atoms with Gasteiger partial charge in [-0.15, -0.1) is 0 Å². The Balaban J connectivity index is 2.17. The minimum atomic E-state index is 0.376. The van der Waals surface area contributed by atoms with Crippen LogP contribution in [0, 0.1) is 0 Å². The Morgan fingerprint density at radius 2 is 2.33 bits per heavy atom. The van der Waals surface area contributed by atoms with Gasteiger partial charge in [-0.1, -0.05) is 25.5 Å². The first kappa shape index (κ1) is 10.5. The summed E-state index contributed by atoms with van der Waals surface area (Å²) in [5.41, 5.74) is 2.76. The van der Waals surface area contributed by atoms with Gasteiger partial charge in [-0.05, 0) is 31.5 Å².